The van der Waals surface area contributed by atoms with E-state index in [1.54, 1.807) is 6.92 Å². The molecule has 2 heteroatoms. The first-order chi connectivity index (χ1) is 6.65. The molecule has 0 saturated carbocycles. The zero-order chi connectivity index (χ0) is 10.6. The van der Waals surface area contributed by atoms with Gasteiger partial charge in [0, 0.05) is 12.1 Å². The third kappa shape index (κ3) is 2.54. The molecule has 0 spiro atoms. The molecule has 0 bridgehead atoms. The molecule has 1 rings (SSSR count). The molecular weight excluding hydrogens is 174 g/mol. The van der Waals surface area contributed by atoms with Crippen LogP contribution in [0, 0.1) is 6.92 Å². The van der Waals surface area contributed by atoms with Crippen LogP contribution in [0.25, 0.3) is 6.08 Å². The van der Waals surface area contributed by atoms with Crippen LogP contribution in [0.4, 0.5) is 0 Å². The van der Waals surface area contributed by atoms with E-state index in [1.807, 2.05) is 37.3 Å². The zero-order valence-electron chi connectivity index (χ0n) is 8.58. The number of hydrogen-bond donors (Lipinski definition) is 1. The minimum absolute atomic E-state index is 0.0902. The van der Waals surface area contributed by atoms with Crippen molar-refractivity contribution < 1.29 is 4.79 Å². The molecule has 14 heavy (non-hydrogen) atoms. The Hall–Kier alpha value is -1.41. The zero-order valence-corrected chi connectivity index (χ0v) is 8.58. The second-order valence-corrected chi connectivity index (χ2v) is 3.27. The lowest BCUT2D eigenvalue weighted by atomic mass is 10.0. The van der Waals surface area contributed by atoms with E-state index in [2.05, 4.69) is 0 Å². The van der Waals surface area contributed by atoms with Gasteiger partial charge in [0.05, 0.1) is 0 Å². The molecule has 1 aromatic rings. The van der Waals surface area contributed by atoms with Gasteiger partial charge in [-0.15, -0.1) is 0 Å². The number of nitrogens with two attached hydrogens (primary N) is 1. The maximum absolute atomic E-state index is 11.1. The average molecular weight is 189 g/mol. The molecule has 0 radical (unpaired) electrons. The second-order valence-electron chi connectivity index (χ2n) is 3.27. The molecule has 0 fully saturated rings. The number of Topliss-reactive ketones (excluding diaryl/α,β-unsaturated/α-hetero) is 1. The van der Waals surface area contributed by atoms with Crippen molar-refractivity contribution in [3.63, 3.8) is 0 Å². The fraction of sp³-hybridized carbons (Fsp3) is 0.250. The lowest BCUT2D eigenvalue weighted by Gasteiger charge is -2.02. The van der Waals surface area contributed by atoms with Crippen LogP contribution in [0.3, 0.4) is 0 Å². The predicted molar refractivity (Wildman–Crippen MR) is 59.3 cm³/mol. The number of ketones is 1. The summed E-state index contributed by atoms with van der Waals surface area (Å²) in [5.41, 5.74) is 8.32. The number of carbonyl (C=O) groups is 1. The van der Waals surface area contributed by atoms with Crippen LogP contribution >= 0.6 is 0 Å². The van der Waals surface area contributed by atoms with E-state index in [1.165, 1.54) is 0 Å². The number of rotatable bonds is 3. The van der Waals surface area contributed by atoms with Crippen molar-refractivity contribution >= 4 is 11.9 Å². The normalized spacial score (nSPS) is 10.8. The number of benzene rings is 1. The number of carbonyl (C=O) groups excluding carboxylic acids is 1. The molecule has 1 aromatic carbocycles. The van der Waals surface area contributed by atoms with Gasteiger partial charge in [-0.2, -0.15) is 0 Å². The molecule has 0 unspecified atom stereocenters. The Morgan fingerprint density at radius 1 is 1.50 bits per heavy atom. The first-order valence-corrected chi connectivity index (χ1v) is 4.63. The molecule has 2 N–H and O–H groups in total. The van der Waals surface area contributed by atoms with Crippen LogP contribution in [-0.4, -0.2) is 12.3 Å². The first-order valence-electron chi connectivity index (χ1n) is 4.63. The summed E-state index contributed by atoms with van der Waals surface area (Å²) < 4.78 is 0. The minimum Gasteiger partial charge on any atom is -0.327 e. The lowest BCUT2D eigenvalue weighted by Crippen LogP contribution is -1.95. The maximum atomic E-state index is 11.1. The SMILES string of the molecule is CC(=O)c1ccc(C)c(C=CCN)c1. The standard InChI is InChI=1S/C12H15NO/c1-9-5-6-12(10(2)14)8-11(9)4-3-7-13/h3-6,8H,7,13H2,1-2H3. The average Bonchev–Trinajstić information content (AvgIpc) is 2.16. The molecule has 0 aromatic heterocycles. The van der Waals surface area contributed by atoms with E-state index in [4.69, 9.17) is 5.73 Å². The molecule has 0 atom stereocenters. The molecule has 0 amide bonds. The Balaban J connectivity index is 3.08. The highest BCUT2D eigenvalue weighted by molar-refractivity contribution is 5.94. The van der Waals surface area contributed by atoms with Crippen molar-refractivity contribution in [2.24, 2.45) is 5.73 Å². The van der Waals surface area contributed by atoms with Gasteiger partial charge in [-0.3, -0.25) is 4.79 Å². The summed E-state index contributed by atoms with van der Waals surface area (Å²) >= 11 is 0. The maximum Gasteiger partial charge on any atom is 0.159 e. The quantitative estimate of drug-likeness (QED) is 0.740. The highest BCUT2D eigenvalue weighted by Gasteiger charge is 2.01. The molecule has 0 aliphatic carbocycles. The van der Waals surface area contributed by atoms with Crippen molar-refractivity contribution in [3.05, 3.63) is 41.0 Å². The Kier molecular flexibility index (Phi) is 3.60. The van der Waals surface area contributed by atoms with Gasteiger partial charge in [0.2, 0.25) is 0 Å². The van der Waals surface area contributed by atoms with Crippen LogP contribution < -0.4 is 5.73 Å². The molecule has 2 nitrogen and oxygen atoms in total. The number of hydrogen-bond acceptors (Lipinski definition) is 2. The van der Waals surface area contributed by atoms with E-state index in [0.717, 1.165) is 16.7 Å². The van der Waals surface area contributed by atoms with E-state index in [9.17, 15) is 4.79 Å². The predicted octanol–water partition coefficient (Wildman–Crippen LogP) is 2.17. The highest BCUT2D eigenvalue weighted by atomic mass is 16.1. The third-order valence-corrected chi connectivity index (χ3v) is 2.12. The Morgan fingerprint density at radius 3 is 2.79 bits per heavy atom. The largest absolute Gasteiger partial charge is 0.327 e. The van der Waals surface area contributed by atoms with Crippen molar-refractivity contribution in [2.45, 2.75) is 13.8 Å². The number of aryl methyl sites for hydroxylation is 1. The van der Waals surface area contributed by atoms with Crippen LogP contribution in [-0.2, 0) is 0 Å². The van der Waals surface area contributed by atoms with Gasteiger partial charge in [-0.25, -0.2) is 0 Å². The molecule has 0 aliphatic rings. The fourth-order valence-electron chi connectivity index (χ4n) is 1.23. The van der Waals surface area contributed by atoms with Gasteiger partial charge < -0.3 is 5.73 Å². The summed E-state index contributed by atoms with van der Waals surface area (Å²) in [6.45, 7) is 4.10. The van der Waals surface area contributed by atoms with Crippen LogP contribution in [0.5, 0.6) is 0 Å². The van der Waals surface area contributed by atoms with E-state index in [0.29, 0.717) is 6.54 Å². The summed E-state index contributed by atoms with van der Waals surface area (Å²) in [5, 5.41) is 0. The van der Waals surface area contributed by atoms with Crippen LogP contribution in [0.1, 0.15) is 28.4 Å². The summed E-state index contributed by atoms with van der Waals surface area (Å²) in [6, 6.07) is 5.69. The van der Waals surface area contributed by atoms with Gasteiger partial charge in [-0.1, -0.05) is 24.3 Å². The summed E-state index contributed by atoms with van der Waals surface area (Å²) in [4.78, 5) is 11.1. The topological polar surface area (TPSA) is 43.1 Å². The summed E-state index contributed by atoms with van der Waals surface area (Å²) in [5.74, 6) is 0.0902. The Bertz CT molecular complexity index is 367. The monoisotopic (exact) mass is 189 g/mol. The van der Waals surface area contributed by atoms with E-state index >= 15 is 0 Å². The first kappa shape index (κ1) is 10.7. The van der Waals surface area contributed by atoms with E-state index < -0.39 is 0 Å². The van der Waals surface area contributed by atoms with Crippen molar-refractivity contribution in [2.75, 3.05) is 6.54 Å². The van der Waals surface area contributed by atoms with Gasteiger partial charge >= 0.3 is 0 Å². The van der Waals surface area contributed by atoms with E-state index in [-0.39, 0.29) is 5.78 Å². The van der Waals surface area contributed by atoms with Gasteiger partial charge in [0.25, 0.3) is 0 Å². The van der Waals surface area contributed by atoms with Crippen LogP contribution in [0.2, 0.25) is 0 Å². The molecule has 0 heterocycles. The molecule has 74 valence electrons. The molecule has 0 aliphatic heterocycles. The third-order valence-electron chi connectivity index (χ3n) is 2.12. The Labute approximate surface area is 84.4 Å². The second kappa shape index (κ2) is 4.72. The van der Waals surface area contributed by atoms with Gasteiger partial charge in [0.15, 0.2) is 5.78 Å². The van der Waals surface area contributed by atoms with Gasteiger partial charge in [-0.05, 0) is 31.0 Å². The van der Waals surface area contributed by atoms with Crippen molar-refractivity contribution in [3.8, 4) is 0 Å². The van der Waals surface area contributed by atoms with Gasteiger partial charge in [0.1, 0.15) is 0 Å². The minimum atomic E-state index is 0.0902. The summed E-state index contributed by atoms with van der Waals surface area (Å²) in [7, 11) is 0. The highest BCUT2D eigenvalue weighted by Crippen LogP contribution is 2.13. The Morgan fingerprint density at radius 2 is 2.21 bits per heavy atom. The van der Waals surface area contributed by atoms with Crippen LogP contribution in [0.15, 0.2) is 24.3 Å². The molecular formula is C12H15NO. The molecule has 0 saturated heterocycles. The fourth-order valence-corrected chi connectivity index (χ4v) is 1.23. The lowest BCUT2D eigenvalue weighted by molar-refractivity contribution is 0.101. The smallest absolute Gasteiger partial charge is 0.159 e. The van der Waals surface area contributed by atoms with Crippen molar-refractivity contribution in [1.29, 1.82) is 0 Å². The van der Waals surface area contributed by atoms with Crippen molar-refractivity contribution in [1.82, 2.24) is 0 Å². The summed E-state index contributed by atoms with van der Waals surface area (Å²) in [6.07, 6.45) is 3.83.